The van der Waals surface area contributed by atoms with Gasteiger partial charge in [0.05, 0.1) is 18.8 Å². The van der Waals surface area contributed by atoms with Gasteiger partial charge in [-0.2, -0.15) is 0 Å². The zero-order chi connectivity index (χ0) is 22.3. The molecule has 166 valence electrons. The molecule has 2 atom stereocenters. The number of hydrogen-bond donors (Lipinski definition) is 2. The maximum Gasteiger partial charge on any atom is 0.0898 e. The molecule has 0 bridgehead atoms. The maximum absolute atomic E-state index is 10.6. The molecule has 3 heteroatoms. The van der Waals surface area contributed by atoms with Crippen LogP contribution in [-0.2, 0) is 11.2 Å². The Bertz CT molecular complexity index is 936. The van der Waals surface area contributed by atoms with Gasteiger partial charge in [0.2, 0.25) is 0 Å². The number of benzene rings is 3. The summed E-state index contributed by atoms with van der Waals surface area (Å²) in [5.41, 5.74) is 2.34. The van der Waals surface area contributed by atoms with E-state index in [1.807, 2.05) is 18.2 Å². The van der Waals surface area contributed by atoms with Gasteiger partial charge in [-0.05, 0) is 54.5 Å². The molecule has 0 aliphatic carbocycles. The Labute approximate surface area is 187 Å². The Kier molecular flexibility index (Phi) is 8.25. The first-order chi connectivity index (χ1) is 14.8. The summed E-state index contributed by atoms with van der Waals surface area (Å²) in [5, 5.41) is 16.6. The predicted octanol–water partition coefficient (Wildman–Crippen LogP) is 5.92. The molecular weight excluding hydrogens is 382 g/mol. The van der Waals surface area contributed by atoms with Gasteiger partial charge in [-0.15, -0.1) is 0 Å². The van der Waals surface area contributed by atoms with Crippen molar-refractivity contribution in [2.24, 2.45) is 5.92 Å². The van der Waals surface area contributed by atoms with Crippen molar-refractivity contribution in [3.8, 4) is 0 Å². The zero-order valence-corrected chi connectivity index (χ0v) is 19.3. The summed E-state index contributed by atoms with van der Waals surface area (Å²) in [4.78, 5) is 0. The van der Waals surface area contributed by atoms with Crippen LogP contribution in [0.3, 0.4) is 0 Å². The van der Waals surface area contributed by atoms with E-state index in [0.29, 0.717) is 19.1 Å². The predicted molar refractivity (Wildman–Crippen MR) is 130 cm³/mol. The van der Waals surface area contributed by atoms with E-state index in [0.717, 1.165) is 12.8 Å². The van der Waals surface area contributed by atoms with Crippen LogP contribution in [0.15, 0.2) is 72.8 Å². The Hall–Kier alpha value is -2.20. The van der Waals surface area contributed by atoms with E-state index in [9.17, 15) is 5.11 Å². The third-order valence-corrected chi connectivity index (χ3v) is 5.62. The lowest BCUT2D eigenvalue weighted by Crippen LogP contribution is -2.46. The van der Waals surface area contributed by atoms with E-state index in [2.05, 4.69) is 87.6 Å². The van der Waals surface area contributed by atoms with Crippen LogP contribution in [0.5, 0.6) is 0 Å². The SMILES string of the molecule is CC(C)CC(OCC(O)CNC(C)(C)Cc1ccc2ccccc2c1)c1ccccc1. The quantitative estimate of drug-likeness (QED) is 0.406. The minimum Gasteiger partial charge on any atom is -0.389 e. The average molecular weight is 420 g/mol. The van der Waals surface area contributed by atoms with Crippen LogP contribution < -0.4 is 5.32 Å². The van der Waals surface area contributed by atoms with Crippen LogP contribution in [-0.4, -0.2) is 29.9 Å². The zero-order valence-electron chi connectivity index (χ0n) is 19.3. The number of nitrogens with one attached hydrogen (secondary N) is 1. The number of rotatable bonds is 11. The normalized spacial score (nSPS) is 14.1. The van der Waals surface area contributed by atoms with E-state index >= 15 is 0 Å². The third kappa shape index (κ3) is 7.46. The highest BCUT2D eigenvalue weighted by molar-refractivity contribution is 5.83. The number of β-amino-alcohol motifs (C(OH)–C–C–N with tert-alkyl or cyclic N) is 1. The summed E-state index contributed by atoms with van der Waals surface area (Å²) in [6.45, 7) is 9.59. The Balaban J connectivity index is 1.51. The van der Waals surface area contributed by atoms with Crippen LogP contribution in [0.1, 0.15) is 51.3 Å². The molecule has 0 spiro atoms. The topological polar surface area (TPSA) is 41.5 Å². The van der Waals surface area contributed by atoms with E-state index in [1.165, 1.54) is 21.9 Å². The van der Waals surface area contributed by atoms with Crippen LogP contribution in [0.25, 0.3) is 10.8 Å². The fourth-order valence-corrected chi connectivity index (χ4v) is 4.00. The summed E-state index contributed by atoms with van der Waals surface area (Å²) >= 11 is 0. The van der Waals surface area contributed by atoms with Gasteiger partial charge < -0.3 is 15.2 Å². The standard InChI is InChI=1S/C28H37NO2/c1-21(2)16-27(24-11-6-5-7-12-24)31-20-26(30)19-29-28(3,4)18-22-14-15-23-10-8-9-13-25(23)17-22/h5-15,17,21,26-27,29-30H,16,18-20H2,1-4H3. The molecular formula is C28H37NO2. The lowest BCUT2D eigenvalue weighted by molar-refractivity contribution is -0.0198. The number of hydrogen-bond acceptors (Lipinski definition) is 3. The lowest BCUT2D eigenvalue weighted by atomic mass is 9.93. The van der Waals surface area contributed by atoms with Crippen molar-refractivity contribution in [3.63, 3.8) is 0 Å². The van der Waals surface area contributed by atoms with Gasteiger partial charge in [0, 0.05) is 12.1 Å². The van der Waals surface area contributed by atoms with Gasteiger partial charge in [0.25, 0.3) is 0 Å². The molecule has 0 radical (unpaired) electrons. The monoisotopic (exact) mass is 419 g/mol. The van der Waals surface area contributed by atoms with Gasteiger partial charge in [-0.25, -0.2) is 0 Å². The van der Waals surface area contributed by atoms with Crippen LogP contribution in [0.2, 0.25) is 0 Å². The fourth-order valence-electron chi connectivity index (χ4n) is 4.00. The lowest BCUT2D eigenvalue weighted by Gasteiger charge is -2.29. The van der Waals surface area contributed by atoms with Crippen LogP contribution in [0, 0.1) is 5.92 Å². The Morgan fingerprint density at radius 3 is 2.29 bits per heavy atom. The first-order valence-corrected chi connectivity index (χ1v) is 11.4. The molecule has 0 amide bonds. The third-order valence-electron chi connectivity index (χ3n) is 5.62. The number of aliphatic hydroxyl groups excluding tert-OH is 1. The second-order valence-corrected chi connectivity index (χ2v) is 9.64. The molecule has 3 aromatic carbocycles. The highest BCUT2D eigenvalue weighted by Crippen LogP contribution is 2.25. The van der Waals surface area contributed by atoms with Crippen molar-refractivity contribution >= 4 is 10.8 Å². The van der Waals surface area contributed by atoms with E-state index in [1.54, 1.807) is 0 Å². The Morgan fingerprint density at radius 2 is 1.58 bits per heavy atom. The molecule has 2 unspecified atom stereocenters. The van der Waals surface area contributed by atoms with E-state index in [-0.39, 0.29) is 11.6 Å². The molecule has 31 heavy (non-hydrogen) atoms. The molecule has 2 N–H and O–H groups in total. The molecule has 0 aliphatic heterocycles. The first kappa shape index (κ1) is 23.5. The van der Waals surface area contributed by atoms with E-state index in [4.69, 9.17) is 4.74 Å². The van der Waals surface area contributed by atoms with Crippen LogP contribution in [0.4, 0.5) is 0 Å². The van der Waals surface area contributed by atoms with Crippen molar-refractivity contribution < 1.29 is 9.84 Å². The Morgan fingerprint density at radius 1 is 0.903 bits per heavy atom. The molecule has 3 aromatic rings. The van der Waals surface area contributed by atoms with Gasteiger partial charge >= 0.3 is 0 Å². The maximum atomic E-state index is 10.6. The highest BCUT2D eigenvalue weighted by Gasteiger charge is 2.21. The largest absolute Gasteiger partial charge is 0.389 e. The number of aliphatic hydroxyl groups is 1. The number of ether oxygens (including phenoxy) is 1. The molecule has 3 rings (SSSR count). The van der Waals surface area contributed by atoms with Crippen molar-refractivity contribution in [1.29, 1.82) is 0 Å². The van der Waals surface area contributed by atoms with Gasteiger partial charge in [-0.3, -0.25) is 0 Å². The smallest absolute Gasteiger partial charge is 0.0898 e. The molecule has 0 heterocycles. The fraction of sp³-hybridized carbons (Fsp3) is 0.429. The number of fused-ring (bicyclic) bond motifs is 1. The second kappa shape index (κ2) is 10.9. The molecule has 0 aromatic heterocycles. The summed E-state index contributed by atoms with van der Waals surface area (Å²) in [6, 6.07) is 25.4. The molecule has 0 saturated heterocycles. The van der Waals surface area contributed by atoms with Crippen LogP contribution >= 0.6 is 0 Å². The molecule has 0 fully saturated rings. The first-order valence-electron chi connectivity index (χ1n) is 11.4. The highest BCUT2D eigenvalue weighted by atomic mass is 16.5. The minimum atomic E-state index is -0.547. The summed E-state index contributed by atoms with van der Waals surface area (Å²) < 4.78 is 6.14. The van der Waals surface area contributed by atoms with Crippen molar-refractivity contribution in [2.75, 3.05) is 13.2 Å². The summed E-state index contributed by atoms with van der Waals surface area (Å²) in [5.74, 6) is 0.529. The molecule has 0 aliphatic rings. The van der Waals surface area contributed by atoms with Gasteiger partial charge in [0.15, 0.2) is 0 Å². The average Bonchev–Trinajstić information content (AvgIpc) is 2.75. The van der Waals surface area contributed by atoms with Crippen molar-refractivity contribution in [3.05, 3.63) is 83.9 Å². The van der Waals surface area contributed by atoms with E-state index < -0.39 is 6.10 Å². The minimum absolute atomic E-state index is 0.0152. The van der Waals surface area contributed by atoms with Gasteiger partial charge in [-0.1, -0.05) is 86.6 Å². The van der Waals surface area contributed by atoms with Crippen molar-refractivity contribution in [1.82, 2.24) is 5.32 Å². The molecule has 3 nitrogen and oxygen atoms in total. The molecule has 0 saturated carbocycles. The second-order valence-electron chi connectivity index (χ2n) is 9.64. The summed E-state index contributed by atoms with van der Waals surface area (Å²) in [6.07, 6.45) is 1.30. The summed E-state index contributed by atoms with van der Waals surface area (Å²) in [7, 11) is 0. The van der Waals surface area contributed by atoms with Crippen molar-refractivity contribution in [2.45, 2.75) is 58.3 Å². The van der Waals surface area contributed by atoms with Gasteiger partial charge in [0.1, 0.15) is 0 Å².